The highest BCUT2D eigenvalue weighted by molar-refractivity contribution is 7.89. The molecule has 1 N–H and O–H groups in total. The Hall–Kier alpha value is -2.25. The van der Waals surface area contributed by atoms with Crippen molar-refractivity contribution >= 4 is 21.6 Å². The summed E-state index contributed by atoms with van der Waals surface area (Å²) in [6, 6.07) is 13.0. The second-order valence-electron chi connectivity index (χ2n) is 5.32. The van der Waals surface area contributed by atoms with Crippen LogP contribution in [0.5, 0.6) is 0 Å². The number of halogens is 1. The van der Waals surface area contributed by atoms with Crippen molar-refractivity contribution in [2.24, 2.45) is 0 Å². The minimum atomic E-state index is -3.67. The van der Waals surface area contributed by atoms with E-state index in [0.717, 1.165) is 0 Å². The van der Waals surface area contributed by atoms with Crippen molar-refractivity contribution in [1.82, 2.24) is 4.72 Å². The van der Waals surface area contributed by atoms with Gasteiger partial charge in [0.05, 0.1) is 4.90 Å². The van der Waals surface area contributed by atoms with Crippen molar-refractivity contribution in [3.63, 3.8) is 0 Å². The summed E-state index contributed by atoms with van der Waals surface area (Å²) in [5.74, 6) is -0.584. The van der Waals surface area contributed by atoms with Gasteiger partial charge in [-0.2, -0.15) is 0 Å². The normalized spacial score (nSPS) is 18.4. The highest BCUT2D eigenvalue weighted by Crippen LogP contribution is 2.22. The van der Waals surface area contributed by atoms with Crippen LogP contribution in [-0.2, 0) is 14.8 Å². The predicted molar refractivity (Wildman–Crippen MR) is 83.9 cm³/mol. The molecule has 0 bridgehead atoms. The maximum absolute atomic E-state index is 13.0. The zero-order chi connectivity index (χ0) is 16.4. The number of rotatable bonds is 4. The first kappa shape index (κ1) is 15.6. The zero-order valence-electron chi connectivity index (χ0n) is 12.1. The third kappa shape index (κ3) is 3.40. The molecule has 1 heterocycles. The van der Waals surface area contributed by atoms with Gasteiger partial charge in [-0.05, 0) is 36.4 Å². The van der Waals surface area contributed by atoms with Gasteiger partial charge in [0, 0.05) is 24.7 Å². The number of sulfonamides is 1. The molecule has 0 saturated carbocycles. The van der Waals surface area contributed by atoms with Crippen molar-refractivity contribution < 1.29 is 17.6 Å². The van der Waals surface area contributed by atoms with E-state index in [4.69, 9.17) is 0 Å². The molecule has 0 aromatic heterocycles. The number of anilines is 1. The van der Waals surface area contributed by atoms with E-state index in [-0.39, 0.29) is 29.6 Å². The maximum Gasteiger partial charge on any atom is 0.240 e. The van der Waals surface area contributed by atoms with Gasteiger partial charge >= 0.3 is 0 Å². The number of hydrogen-bond acceptors (Lipinski definition) is 3. The van der Waals surface area contributed by atoms with Gasteiger partial charge in [-0.1, -0.05) is 18.2 Å². The highest BCUT2D eigenvalue weighted by atomic mass is 32.2. The smallest absolute Gasteiger partial charge is 0.240 e. The van der Waals surface area contributed by atoms with Gasteiger partial charge in [0.1, 0.15) is 5.82 Å². The first-order chi connectivity index (χ1) is 11.0. The van der Waals surface area contributed by atoms with E-state index in [1.165, 1.54) is 41.3 Å². The first-order valence-electron chi connectivity index (χ1n) is 7.09. The van der Waals surface area contributed by atoms with Crippen LogP contribution >= 0.6 is 0 Å². The van der Waals surface area contributed by atoms with Crippen LogP contribution in [-0.4, -0.2) is 26.9 Å². The zero-order valence-corrected chi connectivity index (χ0v) is 13.0. The van der Waals surface area contributed by atoms with Crippen molar-refractivity contribution in [1.29, 1.82) is 0 Å². The topological polar surface area (TPSA) is 66.5 Å². The van der Waals surface area contributed by atoms with Crippen molar-refractivity contribution in [2.45, 2.75) is 17.4 Å². The molecule has 0 unspecified atom stereocenters. The Morgan fingerprint density at radius 2 is 1.70 bits per heavy atom. The largest absolute Gasteiger partial charge is 0.311 e. The van der Waals surface area contributed by atoms with Crippen LogP contribution in [0.25, 0.3) is 0 Å². The van der Waals surface area contributed by atoms with Gasteiger partial charge in [-0.15, -0.1) is 0 Å². The summed E-state index contributed by atoms with van der Waals surface area (Å²) in [5.41, 5.74) is 0.554. The molecule has 2 aromatic carbocycles. The molecule has 0 radical (unpaired) electrons. The minimum Gasteiger partial charge on any atom is -0.311 e. The summed E-state index contributed by atoms with van der Waals surface area (Å²) in [7, 11) is -3.67. The average Bonchev–Trinajstić information content (AvgIpc) is 2.89. The number of amides is 1. The van der Waals surface area contributed by atoms with Crippen LogP contribution < -0.4 is 9.62 Å². The Morgan fingerprint density at radius 1 is 1.04 bits per heavy atom. The Balaban J connectivity index is 1.74. The lowest BCUT2D eigenvalue weighted by Gasteiger charge is -2.17. The molecular weight excluding hydrogens is 319 g/mol. The molecule has 23 heavy (non-hydrogen) atoms. The molecule has 1 amide bonds. The van der Waals surface area contributed by atoms with E-state index in [9.17, 15) is 17.6 Å². The van der Waals surface area contributed by atoms with Crippen LogP contribution in [0.2, 0.25) is 0 Å². The van der Waals surface area contributed by atoms with Gasteiger partial charge in [0.2, 0.25) is 15.9 Å². The Bertz CT molecular complexity index is 807. The van der Waals surface area contributed by atoms with E-state index < -0.39 is 16.1 Å². The molecule has 120 valence electrons. The standard InChI is InChI=1S/C16H15FN2O3S/c17-12-6-8-14(9-7-12)19-11-13(10-16(19)20)18-23(21,22)15-4-2-1-3-5-15/h1-9,13,18H,10-11H2/t13-/m1/s1. The number of hydrogen-bond donors (Lipinski definition) is 1. The van der Waals surface area contributed by atoms with Gasteiger partial charge in [0.25, 0.3) is 0 Å². The summed E-state index contributed by atoms with van der Waals surface area (Å²) in [6.45, 7) is 0.219. The third-order valence-corrected chi connectivity index (χ3v) is 5.18. The van der Waals surface area contributed by atoms with E-state index in [1.54, 1.807) is 18.2 Å². The fraction of sp³-hybridized carbons (Fsp3) is 0.188. The molecule has 0 spiro atoms. The highest BCUT2D eigenvalue weighted by Gasteiger charge is 2.33. The lowest BCUT2D eigenvalue weighted by Crippen LogP contribution is -2.37. The van der Waals surface area contributed by atoms with Crippen LogP contribution in [0.1, 0.15) is 6.42 Å². The Kier molecular flexibility index (Phi) is 4.14. The van der Waals surface area contributed by atoms with Crippen molar-refractivity contribution in [2.75, 3.05) is 11.4 Å². The predicted octanol–water partition coefficient (Wildman–Crippen LogP) is 1.91. The molecule has 2 aromatic rings. The molecule has 7 heteroatoms. The van der Waals surface area contributed by atoms with Crippen LogP contribution in [0.4, 0.5) is 10.1 Å². The Morgan fingerprint density at radius 3 is 2.35 bits per heavy atom. The second-order valence-corrected chi connectivity index (χ2v) is 7.03. The second kappa shape index (κ2) is 6.10. The molecular formula is C16H15FN2O3S. The number of nitrogens with zero attached hydrogens (tertiary/aromatic N) is 1. The van der Waals surface area contributed by atoms with E-state index >= 15 is 0 Å². The number of carbonyl (C=O) groups is 1. The molecule has 3 rings (SSSR count). The molecule has 0 aliphatic carbocycles. The van der Waals surface area contributed by atoms with Crippen molar-refractivity contribution in [3.05, 3.63) is 60.4 Å². The van der Waals surface area contributed by atoms with Crippen molar-refractivity contribution in [3.8, 4) is 0 Å². The van der Waals surface area contributed by atoms with Crippen LogP contribution in [0.15, 0.2) is 59.5 Å². The number of carbonyl (C=O) groups excluding carboxylic acids is 1. The van der Waals surface area contributed by atoms with Crippen LogP contribution in [0, 0.1) is 5.82 Å². The van der Waals surface area contributed by atoms with Crippen LogP contribution in [0.3, 0.4) is 0 Å². The lowest BCUT2D eigenvalue weighted by molar-refractivity contribution is -0.117. The molecule has 1 fully saturated rings. The van der Waals surface area contributed by atoms with E-state index in [0.29, 0.717) is 5.69 Å². The fourth-order valence-corrected chi connectivity index (χ4v) is 3.79. The summed E-state index contributed by atoms with van der Waals surface area (Å²) in [5, 5.41) is 0. The average molecular weight is 334 g/mol. The van der Waals surface area contributed by atoms with Gasteiger partial charge in [-0.3, -0.25) is 4.79 Å². The summed E-state index contributed by atoms with van der Waals surface area (Å²) in [4.78, 5) is 13.7. The third-order valence-electron chi connectivity index (χ3n) is 3.64. The molecule has 1 saturated heterocycles. The van der Waals surface area contributed by atoms with Gasteiger partial charge in [0.15, 0.2) is 0 Å². The summed E-state index contributed by atoms with van der Waals surface area (Å²) >= 11 is 0. The van der Waals surface area contributed by atoms with Gasteiger partial charge in [-0.25, -0.2) is 17.5 Å². The van der Waals surface area contributed by atoms with E-state index in [2.05, 4.69) is 4.72 Å². The quantitative estimate of drug-likeness (QED) is 0.929. The maximum atomic E-state index is 13.0. The summed E-state index contributed by atoms with van der Waals surface area (Å²) in [6.07, 6.45) is 0.0729. The molecule has 5 nitrogen and oxygen atoms in total. The first-order valence-corrected chi connectivity index (χ1v) is 8.57. The van der Waals surface area contributed by atoms with E-state index in [1.807, 2.05) is 0 Å². The molecule has 1 aliphatic heterocycles. The number of nitrogens with one attached hydrogen (secondary N) is 1. The van der Waals surface area contributed by atoms with Gasteiger partial charge < -0.3 is 4.90 Å². The number of benzene rings is 2. The SMILES string of the molecule is O=C1C[C@@H](NS(=O)(=O)c2ccccc2)CN1c1ccc(F)cc1. The Labute approximate surface area is 133 Å². The molecule has 1 atom stereocenters. The fourth-order valence-electron chi connectivity index (χ4n) is 2.54. The minimum absolute atomic E-state index is 0.0729. The summed E-state index contributed by atoms with van der Waals surface area (Å²) < 4.78 is 40.1. The monoisotopic (exact) mass is 334 g/mol. The molecule has 1 aliphatic rings. The lowest BCUT2D eigenvalue weighted by atomic mass is 10.3.